The molecule has 2 aliphatic rings. The zero-order valence-electron chi connectivity index (χ0n) is 15.1. The third-order valence-corrected chi connectivity index (χ3v) is 5.26. The van der Waals surface area contributed by atoms with E-state index in [-0.39, 0.29) is 17.7 Å². The van der Waals surface area contributed by atoms with Gasteiger partial charge in [0, 0.05) is 38.3 Å². The topological polar surface area (TPSA) is 53.1 Å². The van der Waals surface area contributed by atoms with Gasteiger partial charge in [0.25, 0.3) is 5.91 Å². The van der Waals surface area contributed by atoms with E-state index in [1.54, 1.807) is 19.2 Å². The van der Waals surface area contributed by atoms with E-state index < -0.39 is 0 Å². The lowest BCUT2D eigenvalue weighted by atomic mass is 10.1. The minimum absolute atomic E-state index is 0.00373. The Hall–Kier alpha value is -2.08. The monoisotopic (exact) mass is 345 g/mol. The molecule has 0 aliphatic carbocycles. The minimum atomic E-state index is 0.00373. The van der Waals surface area contributed by atoms with Gasteiger partial charge in [-0.3, -0.25) is 9.59 Å². The number of carbonyl (C=O) groups is 2. The Morgan fingerprint density at radius 1 is 1.12 bits per heavy atom. The number of methoxy groups -OCH3 is 1. The van der Waals surface area contributed by atoms with Gasteiger partial charge >= 0.3 is 0 Å². The van der Waals surface area contributed by atoms with Crippen LogP contribution in [0.25, 0.3) is 0 Å². The third-order valence-electron chi connectivity index (χ3n) is 5.26. The van der Waals surface area contributed by atoms with E-state index in [0.717, 1.165) is 26.1 Å². The second-order valence-electron chi connectivity index (χ2n) is 6.73. The SMILES string of the molecule is CCN1CCC(C(=O)N2CCN(C(=O)c3cccc(OC)c3)CC2)C1. The lowest BCUT2D eigenvalue weighted by Gasteiger charge is -2.36. The second-order valence-corrected chi connectivity index (χ2v) is 6.73. The van der Waals surface area contributed by atoms with E-state index in [0.29, 0.717) is 37.5 Å². The summed E-state index contributed by atoms with van der Waals surface area (Å²) in [6.07, 6.45) is 0.954. The first-order valence-corrected chi connectivity index (χ1v) is 9.07. The Morgan fingerprint density at radius 2 is 1.84 bits per heavy atom. The molecule has 6 nitrogen and oxygen atoms in total. The van der Waals surface area contributed by atoms with Gasteiger partial charge in [0.1, 0.15) is 5.75 Å². The highest BCUT2D eigenvalue weighted by atomic mass is 16.5. The van der Waals surface area contributed by atoms with Crippen LogP contribution in [0, 0.1) is 5.92 Å². The highest BCUT2D eigenvalue weighted by molar-refractivity contribution is 5.94. The molecule has 136 valence electrons. The van der Waals surface area contributed by atoms with Gasteiger partial charge in [0.15, 0.2) is 0 Å². The first-order valence-electron chi connectivity index (χ1n) is 9.07. The molecule has 0 saturated carbocycles. The van der Waals surface area contributed by atoms with Crippen molar-refractivity contribution in [2.24, 2.45) is 5.92 Å². The van der Waals surface area contributed by atoms with Gasteiger partial charge in [-0.2, -0.15) is 0 Å². The third kappa shape index (κ3) is 3.95. The molecule has 25 heavy (non-hydrogen) atoms. The molecule has 0 bridgehead atoms. The average molecular weight is 345 g/mol. The molecular formula is C19H27N3O3. The number of hydrogen-bond donors (Lipinski definition) is 0. The summed E-state index contributed by atoms with van der Waals surface area (Å²) in [4.78, 5) is 31.4. The van der Waals surface area contributed by atoms with Crippen molar-refractivity contribution < 1.29 is 14.3 Å². The summed E-state index contributed by atoms with van der Waals surface area (Å²) >= 11 is 0. The van der Waals surface area contributed by atoms with E-state index in [4.69, 9.17) is 4.74 Å². The van der Waals surface area contributed by atoms with Gasteiger partial charge in [0.2, 0.25) is 5.91 Å². The maximum absolute atomic E-state index is 12.7. The van der Waals surface area contributed by atoms with Crippen LogP contribution in [0.5, 0.6) is 5.75 Å². The number of ether oxygens (including phenoxy) is 1. The van der Waals surface area contributed by atoms with E-state index in [2.05, 4.69) is 11.8 Å². The van der Waals surface area contributed by atoms with Crippen molar-refractivity contribution in [1.29, 1.82) is 0 Å². The number of likely N-dealkylation sites (tertiary alicyclic amines) is 1. The van der Waals surface area contributed by atoms with Crippen LogP contribution < -0.4 is 4.74 Å². The number of rotatable bonds is 4. The quantitative estimate of drug-likeness (QED) is 0.826. The lowest BCUT2D eigenvalue weighted by Crippen LogP contribution is -2.52. The number of carbonyl (C=O) groups excluding carboxylic acids is 2. The standard InChI is InChI=1S/C19H27N3O3/c1-3-20-8-7-16(14-20)19(24)22-11-9-21(10-12-22)18(23)15-5-4-6-17(13-15)25-2/h4-6,13,16H,3,7-12,14H2,1-2H3. The summed E-state index contributed by atoms with van der Waals surface area (Å²) in [5, 5.41) is 0. The second kappa shape index (κ2) is 7.87. The Kier molecular flexibility index (Phi) is 5.58. The summed E-state index contributed by atoms with van der Waals surface area (Å²) in [7, 11) is 1.59. The van der Waals surface area contributed by atoms with Crippen LogP contribution in [0.15, 0.2) is 24.3 Å². The molecule has 0 N–H and O–H groups in total. The van der Waals surface area contributed by atoms with E-state index >= 15 is 0 Å². The van der Waals surface area contributed by atoms with Gasteiger partial charge in [0.05, 0.1) is 13.0 Å². The van der Waals surface area contributed by atoms with Crippen LogP contribution in [0.2, 0.25) is 0 Å². The van der Waals surface area contributed by atoms with Crippen molar-refractivity contribution >= 4 is 11.8 Å². The molecule has 2 aliphatic heterocycles. The molecule has 2 amide bonds. The maximum Gasteiger partial charge on any atom is 0.254 e. The van der Waals surface area contributed by atoms with Gasteiger partial charge in [-0.15, -0.1) is 0 Å². The fourth-order valence-corrected chi connectivity index (χ4v) is 3.65. The fourth-order valence-electron chi connectivity index (χ4n) is 3.65. The van der Waals surface area contributed by atoms with Gasteiger partial charge in [-0.25, -0.2) is 0 Å². The van der Waals surface area contributed by atoms with Crippen LogP contribution in [0.3, 0.4) is 0 Å². The van der Waals surface area contributed by atoms with Crippen molar-refractivity contribution in [3.8, 4) is 5.75 Å². The Labute approximate surface area is 149 Å². The van der Waals surface area contributed by atoms with Crippen LogP contribution in [0.1, 0.15) is 23.7 Å². The fraction of sp³-hybridized carbons (Fsp3) is 0.579. The smallest absolute Gasteiger partial charge is 0.254 e. The molecular weight excluding hydrogens is 318 g/mol. The summed E-state index contributed by atoms with van der Waals surface area (Å²) in [5.74, 6) is 1.07. The van der Waals surface area contributed by atoms with E-state index in [1.165, 1.54) is 0 Å². The van der Waals surface area contributed by atoms with Crippen LogP contribution in [-0.4, -0.2) is 79.4 Å². The number of piperazine rings is 1. The highest BCUT2D eigenvalue weighted by Gasteiger charge is 2.33. The molecule has 2 heterocycles. The summed E-state index contributed by atoms with van der Waals surface area (Å²) in [6, 6.07) is 7.22. The Bertz CT molecular complexity index is 626. The zero-order chi connectivity index (χ0) is 17.8. The number of amides is 2. The van der Waals surface area contributed by atoms with Crippen LogP contribution in [0.4, 0.5) is 0 Å². The van der Waals surface area contributed by atoms with Gasteiger partial charge < -0.3 is 19.4 Å². The molecule has 0 spiro atoms. The Morgan fingerprint density at radius 3 is 2.48 bits per heavy atom. The molecule has 1 unspecified atom stereocenters. The van der Waals surface area contributed by atoms with Gasteiger partial charge in [-0.1, -0.05) is 13.0 Å². The molecule has 2 saturated heterocycles. The zero-order valence-corrected chi connectivity index (χ0v) is 15.1. The molecule has 2 fully saturated rings. The summed E-state index contributed by atoms with van der Waals surface area (Å²) in [5.41, 5.74) is 0.633. The highest BCUT2D eigenvalue weighted by Crippen LogP contribution is 2.20. The number of hydrogen-bond acceptors (Lipinski definition) is 4. The maximum atomic E-state index is 12.7. The molecule has 1 aromatic carbocycles. The molecule has 1 aromatic rings. The molecule has 3 rings (SSSR count). The Balaban J connectivity index is 1.54. The molecule has 0 radical (unpaired) electrons. The predicted octanol–water partition coefficient (Wildman–Crippen LogP) is 1.32. The van der Waals surface area contributed by atoms with Crippen molar-refractivity contribution in [3.05, 3.63) is 29.8 Å². The van der Waals surface area contributed by atoms with E-state index in [1.807, 2.05) is 21.9 Å². The predicted molar refractivity (Wildman–Crippen MR) is 95.7 cm³/mol. The largest absolute Gasteiger partial charge is 0.497 e. The van der Waals surface area contributed by atoms with Gasteiger partial charge in [-0.05, 0) is 37.7 Å². The van der Waals surface area contributed by atoms with Crippen molar-refractivity contribution in [2.45, 2.75) is 13.3 Å². The van der Waals surface area contributed by atoms with Crippen molar-refractivity contribution in [2.75, 3.05) is 52.9 Å². The number of benzene rings is 1. The van der Waals surface area contributed by atoms with E-state index in [9.17, 15) is 9.59 Å². The first-order chi connectivity index (χ1) is 12.1. The normalized spacial score (nSPS) is 21.4. The summed E-state index contributed by atoms with van der Waals surface area (Å²) in [6.45, 7) is 7.45. The number of nitrogens with zero attached hydrogens (tertiary/aromatic N) is 3. The minimum Gasteiger partial charge on any atom is -0.497 e. The molecule has 6 heteroatoms. The molecule has 1 atom stereocenters. The van der Waals surface area contributed by atoms with Crippen molar-refractivity contribution in [1.82, 2.24) is 14.7 Å². The van der Waals surface area contributed by atoms with Crippen LogP contribution >= 0.6 is 0 Å². The van der Waals surface area contributed by atoms with Crippen LogP contribution in [-0.2, 0) is 4.79 Å². The summed E-state index contributed by atoms with van der Waals surface area (Å²) < 4.78 is 5.19. The van der Waals surface area contributed by atoms with Crippen molar-refractivity contribution in [3.63, 3.8) is 0 Å². The first kappa shape index (κ1) is 17.7. The average Bonchev–Trinajstić information content (AvgIpc) is 3.16. The lowest BCUT2D eigenvalue weighted by molar-refractivity contribution is -0.136. The molecule has 0 aromatic heterocycles.